The standard InChI is InChI=1S/C32H44N2O15S/c1-16(35)44-14-24-25(45-17(2)36)26(46-18(3)37)27(47-19(4)38)30(48-24)50-15-23(29(41)43-8)33-28(40)22(34-31(42)49-32(5,6)7)13-20-9-11-21(39)12-10-20/h9-12,22-27,30,39H,13-15H2,1-8H3,(H,33,40)(H,34,42)/t22-,23-,24+,25+,26-,27+,30+/m0/s1. The van der Waals surface area contributed by atoms with Crippen molar-refractivity contribution in [3.05, 3.63) is 29.8 Å². The van der Waals surface area contributed by atoms with E-state index in [2.05, 4.69) is 10.6 Å². The van der Waals surface area contributed by atoms with Gasteiger partial charge in [-0.1, -0.05) is 12.1 Å². The first-order valence-electron chi connectivity index (χ1n) is 15.4. The molecule has 18 heteroatoms. The number of phenols is 1. The second-order valence-corrected chi connectivity index (χ2v) is 13.2. The molecule has 17 nitrogen and oxygen atoms in total. The topological polar surface area (TPSA) is 228 Å². The van der Waals surface area contributed by atoms with Gasteiger partial charge in [-0.25, -0.2) is 9.59 Å². The van der Waals surface area contributed by atoms with E-state index in [0.29, 0.717) is 5.56 Å². The average Bonchev–Trinajstić information content (AvgIpc) is 2.99. The third kappa shape index (κ3) is 14.1. The van der Waals surface area contributed by atoms with Gasteiger partial charge >= 0.3 is 35.9 Å². The summed E-state index contributed by atoms with van der Waals surface area (Å²) < 4.78 is 37.6. The van der Waals surface area contributed by atoms with Gasteiger partial charge in [-0.15, -0.1) is 11.8 Å². The number of thioether (sulfide) groups is 1. The number of amides is 2. The molecule has 1 aromatic rings. The number of esters is 5. The van der Waals surface area contributed by atoms with Crippen molar-refractivity contribution in [2.45, 2.75) is 102 Å². The van der Waals surface area contributed by atoms with Gasteiger partial charge < -0.3 is 48.9 Å². The first-order valence-corrected chi connectivity index (χ1v) is 16.4. The molecule has 0 aliphatic carbocycles. The lowest BCUT2D eigenvalue weighted by molar-refractivity contribution is -0.237. The van der Waals surface area contributed by atoms with E-state index in [0.717, 1.165) is 46.6 Å². The summed E-state index contributed by atoms with van der Waals surface area (Å²) in [5.74, 6) is -5.13. The minimum absolute atomic E-state index is 0.0140. The van der Waals surface area contributed by atoms with Crippen LogP contribution in [-0.2, 0) is 68.3 Å². The van der Waals surface area contributed by atoms with Gasteiger partial charge in [0.1, 0.15) is 41.6 Å². The summed E-state index contributed by atoms with van der Waals surface area (Å²) in [7, 11) is 1.09. The second kappa shape index (κ2) is 19.0. The predicted molar refractivity (Wildman–Crippen MR) is 173 cm³/mol. The highest BCUT2D eigenvalue weighted by Gasteiger charge is 2.52. The Labute approximate surface area is 293 Å². The Balaban J connectivity index is 2.41. The molecule has 1 aliphatic rings. The van der Waals surface area contributed by atoms with E-state index in [-0.39, 0.29) is 17.9 Å². The van der Waals surface area contributed by atoms with Gasteiger partial charge in [-0.05, 0) is 38.5 Å². The molecule has 2 amide bonds. The van der Waals surface area contributed by atoms with Gasteiger partial charge in [0, 0.05) is 39.9 Å². The molecule has 1 saturated heterocycles. The van der Waals surface area contributed by atoms with E-state index in [9.17, 15) is 38.7 Å². The van der Waals surface area contributed by atoms with Crippen molar-refractivity contribution in [2.24, 2.45) is 0 Å². The molecule has 50 heavy (non-hydrogen) atoms. The summed E-state index contributed by atoms with van der Waals surface area (Å²) in [4.78, 5) is 87.2. The maximum atomic E-state index is 13.6. The molecular formula is C32H44N2O15S. The second-order valence-electron chi connectivity index (χ2n) is 12.1. The number of hydrogen-bond acceptors (Lipinski definition) is 16. The molecule has 0 spiro atoms. The molecule has 2 rings (SSSR count). The third-order valence-electron chi connectivity index (χ3n) is 6.56. The Morgan fingerprint density at radius 1 is 0.820 bits per heavy atom. The highest BCUT2D eigenvalue weighted by molar-refractivity contribution is 7.99. The van der Waals surface area contributed by atoms with Crippen molar-refractivity contribution < 1.29 is 71.8 Å². The summed E-state index contributed by atoms with van der Waals surface area (Å²) in [6.07, 6.45) is -6.43. The van der Waals surface area contributed by atoms with Crippen LogP contribution in [0.4, 0.5) is 4.79 Å². The fourth-order valence-electron chi connectivity index (χ4n) is 4.62. The van der Waals surface area contributed by atoms with Gasteiger partial charge in [-0.2, -0.15) is 0 Å². The van der Waals surface area contributed by atoms with Crippen molar-refractivity contribution in [1.82, 2.24) is 10.6 Å². The van der Waals surface area contributed by atoms with Gasteiger partial charge in [-0.3, -0.25) is 24.0 Å². The molecular weight excluding hydrogens is 684 g/mol. The van der Waals surface area contributed by atoms with Crippen LogP contribution in [0.25, 0.3) is 0 Å². The lowest BCUT2D eigenvalue weighted by Gasteiger charge is -2.44. The van der Waals surface area contributed by atoms with Gasteiger partial charge in [0.25, 0.3) is 0 Å². The molecule has 0 saturated carbocycles. The molecule has 3 N–H and O–H groups in total. The largest absolute Gasteiger partial charge is 0.508 e. The Morgan fingerprint density at radius 3 is 1.90 bits per heavy atom. The van der Waals surface area contributed by atoms with Crippen molar-refractivity contribution in [3.8, 4) is 5.75 Å². The molecule has 278 valence electrons. The monoisotopic (exact) mass is 728 g/mol. The normalized spacial score (nSPS) is 21.3. The van der Waals surface area contributed by atoms with E-state index in [1.54, 1.807) is 32.9 Å². The SMILES string of the molecule is COC(=O)[C@H](CS[C@H]1O[C@H](COC(C)=O)[C@@H](OC(C)=O)[C@H](OC(C)=O)[C@H]1OC(C)=O)NC(=O)[C@H](Cc1ccc(O)cc1)NC(=O)OC(C)(C)C. The fraction of sp³-hybridized carbons (Fsp3) is 0.594. The predicted octanol–water partition coefficient (Wildman–Crippen LogP) is 1.30. The Morgan fingerprint density at radius 2 is 1.38 bits per heavy atom. The van der Waals surface area contributed by atoms with Crippen molar-refractivity contribution in [3.63, 3.8) is 0 Å². The molecule has 1 fully saturated rings. The van der Waals surface area contributed by atoms with Crippen LogP contribution in [0.15, 0.2) is 24.3 Å². The molecule has 0 bridgehead atoms. The molecule has 0 aromatic heterocycles. The third-order valence-corrected chi connectivity index (χ3v) is 7.79. The van der Waals surface area contributed by atoms with Crippen molar-refractivity contribution in [2.75, 3.05) is 19.5 Å². The van der Waals surface area contributed by atoms with Crippen molar-refractivity contribution in [1.29, 1.82) is 0 Å². The number of methoxy groups -OCH3 is 1. The van der Waals surface area contributed by atoms with Crippen LogP contribution in [0.3, 0.4) is 0 Å². The summed E-state index contributed by atoms with van der Waals surface area (Å²) in [6.45, 7) is 8.85. The number of hydrogen-bond donors (Lipinski definition) is 3. The lowest BCUT2D eigenvalue weighted by atomic mass is 9.99. The number of ether oxygens (including phenoxy) is 7. The Kier molecular flexibility index (Phi) is 15.8. The van der Waals surface area contributed by atoms with Crippen LogP contribution >= 0.6 is 11.8 Å². The smallest absolute Gasteiger partial charge is 0.408 e. The maximum absolute atomic E-state index is 13.6. The highest BCUT2D eigenvalue weighted by Crippen LogP contribution is 2.35. The maximum Gasteiger partial charge on any atom is 0.408 e. The number of nitrogens with one attached hydrogen (secondary N) is 2. The number of rotatable bonds is 14. The summed E-state index contributed by atoms with van der Waals surface area (Å²) in [5, 5.41) is 14.7. The zero-order valence-corrected chi connectivity index (χ0v) is 29.9. The van der Waals surface area contributed by atoms with E-state index < -0.39 is 96.0 Å². The molecule has 1 heterocycles. The lowest BCUT2D eigenvalue weighted by Crippen LogP contribution is -2.62. The fourth-order valence-corrected chi connectivity index (χ4v) is 5.85. The van der Waals surface area contributed by atoms with Crippen LogP contribution in [0.1, 0.15) is 54.0 Å². The van der Waals surface area contributed by atoms with Gasteiger partial charge in [0.05, 0.1) is 7.11 Å². The minimum Gasteiger partial charge on any atom is -0.508 e. The van der Waals surface area contributed by atoms with E-state index >= 15 is 0 Å². The van der Waals surface area contributed by atoms with Crippen molar-refractivity contribution >= 4 is 53.6 Å². The number of alkyl carbamates (subject to hydrolysis) is 1. The van der Waals surface area contributed by atoms with E-state index in [1.807, 2.05) is 0 Å². The zero-order valence-electron chi connectivity index (χ0n) is 29.0. The first-order chi connectivity index (χ1) is 23.3. The number of aromatic hydroxyl groups is 1. The number of carbonyl (C=O) groups is 7. The molecule has 1 aliphatic heterocycles. The minimum atomic E-state index is -1.44. The summed E-state index contributed by atoms with van der Waals surface area (Å²) in [5.41, 5.74) is -1.58. The highest BCUT2D eigenvalue weighted by atomic mass is 32.2. The Hall–Kier alpha value is -4.58. The van der Waals surface area contributed by atoms with E-state index in [1.165, 1.54) is 12.1 Å². The molecule has 0 radical (unpaired) electrons. The zero-order chi connectivity index (χ0) is 37.8. The van der Waals surface area contributed by atoms with Crippen LogP contribution in [-0.4, -0.2) is 114 Å². The summed E-state index contributed by atoms with van der Waals surface area (Å²) in [6, 6.07) is 3.25. The molecule has 1 aromatic carbocycles. The van der Waals surface area contributed by atoms with Crippen LogP contribution < -0.4 is 10.6 Å². The average molecular weight is 729 g/mol. The van der Waals surface area contributed by atoms with Gasteiger partial charge in [0.15, 0.2) is 18.3 Å². The van der Waals surface area contributed by atoms with Gasteiger partial charge in [0.2, 0.25) is 5.91 Å². The quantitative estimate of drug-likeness (QED) is 0.181. The van der Waals surface area contributed by atoms with Crippen LogP contribution in [0.5, 0.6) is 5.75 Å². The summed E-state index contributed by atoms with van der Waals surface area (Å²) >= 11 is 0.843. The Bertz CT molecular complexity index is 1380. The van der Waals surface area contributed by atoms with Crippen LogP contribution in [0, 0.1) is 0 Å². The first kappa shape index (κ1) is 41.6. The molecule has 0 unspecified atom stereocenters. The number of phenolic OH excluding ortho intramolecular Hbond substituents is 1. The van der Waals surface area contributed by atoms with E-state index in [4.69, 9.17) is 33.2 Å². The molecule has 7 atom stereocenters. The number of carbonyl (C=O) groups excluding carboxylic acids is 7. The number of benzene rings is 1. The van der Waals surface area contributed by atoms with Crippen LogP contribution in [0.2, 0.25) is 0 Å².